The summed E-state index contributed by atoms with van der Waals surface area (Å²) in [6.07, 6.45) is 9.06. The van der Waals surface area contributed by atoms with Crippen molar-refractivity contribution in [1.29, 1.82) is 0 Å². The zero-order valence-corrected chi connectivity index (χ0v) is 11.1. The van der Waals surface area contributed by atoms with Crippen molar-refractivity contribution in [1.82, 2.24) is 0 Å². The van der Waals surface area contributed by atoms with E-state index < -0.39 is 0 Å². The number of rotatable bonds is 5. The summed E-state index contributed by atoms with van der Waals surface area (Å²) in [4.78, 5) is 0. The van der Waals surface area contributed by atoms with Crippen LogP contribution in [-0.4, -0.2) is 12.2 Å². The average molecular weight is 212 g/mol. The van der Waals surface area contributed by atoms with E-state index in [-0.39, 0.29) is 5.60 Å². The first-order valence-electron chi connectivity index (χ1n) is 6.74. The van der Waals surface area contributed by atoms with Crippen LogP contribution in [0.25, 0.3) is 0 Å². The monoisotopic (exact) mass is 212 g/mol. The largest absolute Gasteiger partial charge is 0.375 e. The van der Waals surface area contributed by atoms with E-state index in [1.54, 1.807) is 0 Å². The van der Waals surface area contributed by atoms with Gasteiger partial charge in [0.15, 0.2) is 0 Å². The van der Waals surface area contributed by atoms with E-state index >= 15 is 0 Å². The van der Waals surface area contributed by atoms with Crippen LogP contribution in [-0.2, 0) is 4.74 Å². The lowest BCUT2D eigenvalue weighted by Gasteiger charge is -2.44. The molecule has 0 aromatic carbocycles. The Morgan fingerprint density at radius 1 is 0.933 bits per heavy atom. The molecule has 0 aromatic rings. The van der Waals surface area contributed by atoms with Gasteiger partial charge in [-0.15, -0.1) is 0 Å². The number of hydrogen-bond acceptors (Lipinski definition) is 1. The third-order valence-electron chi connectivity index (χ3n) is 4.52. The van der Waals surface area contributed by atoms with Crippen LogP contribution >= 0.6 is 0 Å². The molecule has 90 valence electrons. The maximum Gasteiger partial charge on any atom is 0.0655 e. The lowest BCUT2D eigenvalue weighted by molar-refractivity contribution is -0.0809. The third-order valence-corrected chi connectivity index (χ3v) is 4.52. The summed E-state index contributed by atoms with van der Waals surface area (Å²) in [7, 11) is 0. The van der Waals surface area contributed by atoms with E-state index in [9.17, 15) is 0 Å². The van der Waals surface area contributed by atoms with Crippen molar-refractivity contribution in [2.24, 2.45) is 5.41 Å². The standard InChI is InChI=1S/C14H28O/c1-5-12-15-13(4)8-10-14(6-2,7-3)11-9-13/h5-12H2,1-4H3. The van der Waals surface area contributed by atoms with Gasteiger partial charge in [0.05, 0.1) is 5.60 Å². The second-order valence-corrected chi connectivity index (χ2v) is 5.51. The molecular weight excluding hydrogens is 184 g/mol. The highest BCUT2D eigenvalue weighted by Gasteiger charge is 2.38. The van der Waals surface area contributed by atoms with E-state index in [0.717, 1.165) is 13.0 Å². The van der Waals surface area contributed by atoms with Crippen molar-refractivity contribution >= 4 is 0 Å². The predicted molar refractivity (Wildman–Crippen MR) is 66.1 cm³/mol. The molecule has 0 radical (unpaired) electrons. The van der Waals surface area contributed by atoms with Gasteiger partial charge in [0, 0.05) is 6.61 Å². The molecule has 0 unspecified atom stereocenters. The Labute approximate surface area is 95.6 Å². The van der Waals surface area contributed by atoms with Gasteiger partial charge in [-0.1, -0.05) is 33.6 Å². The first-order valence-corrected chi connectivity index (χ1v) is 6.74. The Bertz CT molecular complexity index is 172. The molecule has 1 aliphatic carbocycles. The zero-order chi connectivity index (χ0) is 11.4. The molecule has 0 spiro atoms. The zero-order valence-electron chi connectivity index (χ0n) is 11.1. The maximum absolute atomic E-state index is 6.00. The molecule has 0 saturated heterocycles. The summed E-state index contributed by atoms with van der Waals surface area (Å²) in [5, 5.41) is 0. The van der Waals surface area contributed by atoms with Crippen LogP contribution in [0.5, 0.6) is 0 Å². The minimum absolute atomic E-state index is 0.184. The fourth-order valence-electron chi connectivity index (χ4n) is 2.76. The van der Waals surface area contributed by atoms with Crippen LogP contribution in [0.4, 0.5) is 0 Å². The van der Waals surface area contributed by atoms with E-state index in [2.05, 4.69) is 27.7 Å². The van der Waals surface area contributed by atoms with Gasteiger partial charge >= 0.3 is 0 Å². The highest BCUT2D eigenvalue weighted by Crippen LogP contribution is 2.46. The SMILES string of the molecule is CCCOC1(C)CCC(CC)(CC)CC1. The molecule has 1 aliphatic rings. The molecule has 1 rings (SSSR count). The molecule has 0 aliphatic heterocycles. The van der Waals surface area contributed by atoms with Crippen molar-refractivity contribution in [3.63, 3.8) is 0 Å². The van der Waals surface area contributed by atoms with Gasteiger partial charge in [-0.05, 0) is 44.4 Å². The second kappa shape index (κ2) is 5.34. The molecular formula is C14H28O. The van der Waals surface area contributed by atoms with Crippen LogP contribution in [0, 0.1) is 5.41 Å². The van der Waals surface area contributed by atoms with Gasteiger partial charge in [0.1, 0.15) is 0 Å². The van der Waals surface area contributed by atoms with Gasteiger partial charge in [-0.2, -0.15) is 0 Å². The third kappa shape index (κ3) is 3.21. The summed E-state index contributed by atoms with van der Waals surface area (Å²) in [6, 6.07) is 0. The van der Waals surface area contributed by atoms with Gasteiger partial charge in [0.25, 0.3) is 0 Å². The number of hydrogen-bond donors (Lipinski definition) is 0. The van der Waals surface area contributed by atoms with Crippen molar-refractivity contribution in [3.8, 4) is 0 Å². The average Bonchev–Trinajstić information content (AvgIpc) is 2.29. The smallest absolute Gasteiger partial charge is 0.0655 e. The Hall–Kier alpha value is -0.0400. The second-order valence-electron chi connectivity index (χ2n) is 5.51. The van der Waals surface area contributed by atoms with Crippen LogP contribution in [0.1, 0.15) is 72.6 Å². The Morgan fingerprint density at radius 2 is 1.47 bits per heavy atom. The minimum Gasteiger partial charge on any atom is -0.375 e. The lowest BCUT2D eigenvalue weighted by atomic mass is 9.66. The highest BCUT2D eigenvalue weighted by molar-refractivity contribution is 4.90. The van der Waals surface area contributed by atoms with Crippen molar-refractivity contribution < 1.29 is 4.74 Å². The lowest BCUT2D eigenvalue weighted by Crippen LogP contribution is -2.38. The van der Waals surface area contributed by atoms with Crippen molar-refractivity contribution in [2.45, 2.75) is 78.2 Å². The molecule has 0 heterocycles. The summed E-state index contributed by atoms with van der Waals surface area (Å²) in [5.74, 6) is 0. The van der Waals surface area contributed by atoms with Crippen LogP contribution < -0.4 is 0 Å². The van der Waals surface area contributed by atoms with Gasteiger partial charge in [0.2, 0.25) is 0 Å². The molecule has 0 N–H and O–H groups in total. The minimum atomic E-state index is 0.184. The first-order chi connectivity index (χ1) is 7.10. The summed E-state index contributed by atoms with van der Waals surface area (Å²) >= 11 is 0. The molecule has 0 aromatic heterocycles. The van der Waals surface area contributed by atoms with Crippen LogP contribution in [0.2, 0.25) is 0 Å². The van der Waals surface area contributed by atoms with Crippen LogP contribution in [0.15, 0.2) is 0 Å². The highest BCUT2D eigenvalue weighted by atomic mass is 16.5. The fraction of sp³-hybridized carbons (Fsp3) is 1.00. The summed E-state index contributed by atoms with van der Waals surface area (Å²) < 4.78 is 6.00. The predicted octanol–water partition coefficient (Wildman–Crippen LogP) is 4.55. The van der Waals surface area contributed by atoms with E-state index in [1.165, 1.54) is 38.5 Å². The molecule has 1 heteroatoms. The summed E-state index contributed by atoms with van der Waals surface area (Å²) in [5.41, 5.74) is 0.818. The fourth-order valence-corrected chi connectivity index (χ4v) is 2.76. The van der Waals surface area contributed by atoms with Crippen molar-refractivity contribution in [3.05, 3.63) is 0 Å². The van der Waals surface area contributed by atoms with Gasteiger partial charge in [-0.25, -0.2) is 0 Å². The van der Waals surface area contributed by atoms with E-state index in [0.29, 0.717) is 5.41 Å². The summed E-state index contributed by atoms with van der Waals surface area (Å²) in [6.45, 7) is 10.1. The number of ether oxygens (including phenoxy) is 1. The van der Waals surface area contributed by atoms with Gasteiger partial charge in [-0.3, -0.25) is 0 Å². The molecule has 0 bridgehead atoms. The van der Waals surface area contributed by atoms with Crippen LogP contribution in [0.3, 0.4) is 0 Å². The Kier molecular flexibility index (Phi) is 4.64. The van der Waals surface area contributed by atoms with Gasteiger partial charge < -0.3 is 4.74 Å². The van der Waals surface area contributed by atoms with Crippen molar-refractivity contribution in [2.75, 3.05) is 6.61 Å². The topological polar surface area (TPSA) is 9.23 Å². The maximum atomic E-state index is 6.00. The first kappa shape index (κ1) is 13.0. The Balaban J connectivity index is 2.46. The Morgan fingerprint density at radius 3 is 1.87 bits per heavy atom. The quantitative estimate of drug-likeness (QED) is 0.649. The molecule has 1 saturated carbocycles. The molecule has 1 fully saturated rings. The van der Waals surface area contributed by atoms with E-state index in [4.69, 9.17) is 4.74 Å². The van der Waals surface area contributed by atoms with E-state index in [1.807, 2.05) is 0 Å². The normalized spacial score (nSPS) is 24.0. The molecule has 0 atom stereocenters. The molecule has 1 nitrogen and oxygen atoms in total. The molecule has 0 amide bonds. The molecule has 15 heavy (non-hydrogen) atoms.